The fraction of sp³-hybridized carbons (Fsp3) is 0.417. The molecule has 1 fully saturated rings. The van der Waals surface area contributed by atoms with E-state index >= 15 is 0 Å². The van der Waals surface area contributed by atoms with Gasteiger partial charge in [0.05, 0.1) is 54.8 Å². The minimum atomic E-state index is 0.0123. The number of hydrogen-bond acceptors (Lipinski definition) is 6. The predicted octanol–water partition coefficient (Wildman–Crippen LogP) is 2.60. The van der Waals surface area contributed by atoms with Gasteiger partial charge < -0.3 is 24.3 Å². The summed E-state index contributed by atoms with van der Waals surface area (Å²) in [5.74, 6) is 0.852. The van der Waals surface area contributed by atoms with Crippen molar-refractivity contribution >= 4 is 28.0 Å². The molecule has 3 heterocycles. The van der Waals surface area contributed by atoms with Crippen LogP contribution in [0.3, 0.4) is 0 Å². The maximum absolute atomic E-state index is 9.55. The summed E-state index contributed by atoms with van der Waals surface area (Å²) in [7, 11) is 2.02. The molecule has 1 saturated heterocycles. The fourth-order valence-electron chi connectivity index (χ4n) is 4.41. The molecule has 0 unspecified atom stereocenters. The Hall–Kier alpha value is -2.94. The molecule has 0 saturated carbocycles. The van der Waals surface area contributed by atoms with Crippen LogP contribution in [0.5, 0.6) is 0 Å². The van der Waals surface area contributed by atoms with Crippen molar-refractivity contribution in [1.29, 1.82) is 0 Å². The first-order valence-corrected chi connectivity index (χ1v) is 11.3. The molecule has 0 bridgehead atoms. The van der Waals surface area contributed by atoms with E-state index in [1.54, 1.807) is 0 Å². The number of morpholine rings is 1. The highest BCUT2D eigenvalue weighted by Crippen LogP contribution is 2.25. The van der Waals surface area contributed by atoms with Crippen LogP contribution in [0.4, 0.5) is 5.95 Å². The molecule has 1 aliphatic rings. The van der Waals surface area contributed by atoms with E-state index in [1.165, 1.54) is 0 Å². The zero-order valence-corrected chi connectivity index (χ0v) is 18.5. The molecule has 4 aromatic rings. The lowest BCUT2D eigenvalue weighted by atomic mass is 10.1. The lowest BCUT2D eigenvalue weighted by molar-refractivity contribution is 0.0378. The van der Waals surface area contributed by atoms with Crippen molar-refractivity contribution < 1.29 is 9.84 Å². The number of aliphatic hydroxyl groups is 1. The second kappa shape index (κ2) is 9.28. The van der Waals surface area contributed by atoms with Crippen molar-refractivity contribution in [3.8, 4) is 0 Å². The zero-order chi connectivity index (χ0) is 21.9. The average molecular weight is 435 g/mol. The highest BCUT2D eigenvalue weighted by atomic mass is 16.5. The van der Waals surface area contributed by atoms with Crippen LogP contribution in [0.1, 0.15) is 17.5 Å². The number of ether oxygens (including phenoxy) is 1. The number of aromatic nitrogens is 4. The van der Waals surface area contributed by atoms with Crippen molar-refractivity contribution in [2.75, 3.05) is 44.7 Å². The van der Waals surface area contributed by atoms with Crippen LogP contribution in [0.2, 0.25) is 0 Å². The van der Waals surface area contributed by atoms with E-state index in [9.17, 15) is 5.11 Å². The third kappa shape index (κ3) is 4.21. The van der Waals surface area contributed by atoms with Crippen LogP contribution in [0.25, 0.3) is 22.1 Å². The summed E-state index contributed by atoms with van der Waals surface area (Å²) in [6.45, 7) is 6.27. The van der Waals surface area contributed by atoms with Crippen LogP contribution in [0.15, 0.2) is 42.7 Å². The number of aryl methyl sites for hydroxylation is 1. The maximum Gasteiger partial charge on any atom is 0.204 e. The number of fused-ring (bicyclic) bond motifs is 2. The second-order valence-electron chi connectivity index (χ2n) is 8.38. The maximum atomic E-state index is 9.55. The van der Waals surface area contributed by atoms with Gasteiger partial charge in [-0.05, 0) is 42.3 Å². The summed E-state index contributed by atoms with van der Waals surface area (Å²) in [6, 6.07) is 12.3. The summed E-state index contributed by atoms with van der Waals surface area (Å²) in [5, 5.41) is 13.1. The largest absolute Gasteiger partial charge is 0.392 e. The molecule has 0 radical (unpaired) electrons. The van der Waals surface area contributed by atoms with Gasteiger partial charge in [0.15, 0.2) is 0 Å². The normalized spacial score (nSPS) is 15.1. The van der Waals surface area contributed by atoms with Gasteiger partial charge in [-0.2, -0.15) is 0 Å². The third-order valence-corrected chi connectivity index (χ3v) is 6.20. The molecular formula is C24H30N6O2. The van der Waals surface area contributed by atoms with Gasteiger partial charge in [0, 0.05) is 26.7 Å². The monoisotopic (exact) mass is 434 g/mol. The van der Waals surface area contributed by atoms with E-state index in [1.807, 2.05) is 36.1 Å². The summed E-state index contributed by atoms with van der Waals surface area (Å²) < 4.78 is 9.70. The number of para-hydroxylation sites is 1. The van der Waals surface area contributed by atoms with Crippen molar-refractivity contribution in [2.24, 2.45) is 7.05 Å². The molecule has 0 amide bonds. The van der Waals surface area contributed by atoms with Crippen LogP contribution in [-0.4, -0.2) is 68.5 Å². The molecule has 1 aliphatic heterocycles. The standard InChI is InChI=1S/C24H30N6O2/c1-28-17-26-23-19(4-2-5-22(23)28)15-30-21-7-6-18(16-31)14-20(21)27-24(30)25-8-3-9-29-10-12-32-13-11-29/h2,4-7,14,17,31H,3,8-13,15-16H2,1H3,(H,25,27). The molecule has 0 aliphatic carbocycles. The predicted molar refractivity (Wildman–Crippen MR) is 126 cm³/mol. The smallest absolute Gasteiger partial charge is 0.204 e. The molecule has 8 nitrogen and oxygen atoms in total. The van der Waals surface area contributed by atoms with Crippen molar-refractivity contribution in [3.05, 3.63) is 53.9 Å². The van der Waals surface area contributed by atoms with E-state index in [-0.39, 0.29) is 6.61 Å². The lowest BCUT2D eigenvalue weighted by Crippen LogP contribution is -2.37. The molecule has 2 aromatic carbocycles. The quantitative estimate of drug-likeness (QED) is 0.415. The number of imidazole rings is 2. The van der Waals surface area contributed by atoms with Crippen LogP contribution in [-0.2, 0) is 24.9 Å². The Morgan fingerprint density at radius 3 is 2.84 bits per heavy atom. The Morgan fingerprint density at radius 2 is 2.00 bits per heavy atom. The zero-order valence-electron chi connectivity index (χ0n) is 18.5. The minimum Gasteiger partial charge on any atom is -0.392 e. The average Bonchev–Trinajstić information content (AvgIpc) is 3.38. The number of nitrogens with one attached hydrogen (secondary N) is 1. The van der Waals surface area contributed by atoms with Crippen molar-refractivity contribution in [1.82, 2.24) is 24.0 Å². The van der Waals surface area contributed by atoms with E-state index in [4.69, 9.17) is 9.72 Å². The highest BCUT2D eigenvalue weighted by Gasteiger charge is 2.15. The molecule has 0 spiro atoms. The molecule has 5 rings (SSSR count). The number of benzene rings is 2. The Bertz CT molecular complexity index is 1210. The van der Waals surface area contributed by atoms with Crippen molar-refractivity contribution in [2.45, 2.75) is 19.6 Å². The first-order chi connectivity index (χ1) is 15.7. The number of rotatable bonds is 8. The molecule has 32 heavy (non-hydrogen) atoms. The molecule has 2 N–H and O–H groups in total. The summed E-state index contributed by atoms with van der Waals surface area (Å²) in [4.78, 5) is 11.9. The summed E-state index contributed by atoms with van der Waals surface area (Å²) in [5.41, 5.74) is 6.10. The Morgan fingerprint density at radius 1 is 1.12 bits per heavy atom. The topological polar surface area (TPSA) is 80.4 Å². The Kier molecular flexibility index (Phi) is 6.07. The first kappa shape index (κ1) is 20.9. The number of nitrogens with zero attached hydrogens (tertiary/aromatic N) is 5. The summed E-state index contributed by atoms with van der Waals surface area (Å²) in [6.07, 6.45) is 2.90. The van der Waals surface area contributed by atoms with E-state index in [0.717, 1.165) is 85.0 Å². The van der Waals surface area contributed by atoms with Gasteiger partial charge in [0.2, 0.25) is 5.95 Å². The van der Waals surface area contributed by atoms with Crippen LogP contribution >= 0.6 is 0 Å². The molecule has 2 aromatic heterocycles. The minimum absolute atomic E-state index is 0.0123. The van der Waals surface area contributed by atoms with Gasteiger partial charge in [-0.15, -0.1) is 0 Å². The van der Waals surface area contributed by atoms with Crippen molar-refractivity contribution in [3.63, 3.8) is 0 Å². The molecule has 168 valence electrons. The first-order valence-electron chi connectivity index (χ1n) is 11.3. The van der Waals surface area contributed by atoms with Crippen LogP contribution < -0.4 is 5.32 Å². The molecule has 8 heteroatoms. The van der Waals surface area contributed by atoms with Gasteiger partial charge in [-0.25, -0.2) is 9.97 Å². The van der Waals surface area contributed by atoms with Gasteiger partial charge in [-0.3, -0.25) is 4.90 Å². The summed E-state index contributed by atoms with van der Waals surface area (Å²) >= 11 is 0. The Balaban J connectivity index is 1.40. The third-order valence-electron chi connectivity index (χ3n) is 6.20. The number of hydrogen-bond donors (Lipinski definition) is 2. The van der Waals surface area contributed by atoms with Crippen LogP contribution in [0, 0.1) is 0 Å². The van der Waals surface area contributed by atoms with Gasteiger partial charge in [-0.1, -0.05) is 18.2 Å². The molecular weight excluding hydrogens is 404 g/mol. The SMILES string of the molecule is Cn1cnc2c(Cn3c(NCCCN4CCOCC4)nc4cc(CO)ccc43)cccc21. The Labute approximate surface area is 187 Å². The van der Waals surface area contributed by atoms with Gasteiger partial charge in [0.25, 0.3) is 0 Å². The van der Waals surface area contributed by atoms with E-state index in [0.29, 0.717) is 6.54 Å². The molecule has 0 atom stereocenters. The highest BCUT2D eigenvalue weighted by molar-refractivity contribution is 5.82. The van der Waals surface area contributed by atoms with E-state index in [2.05, 4.69) is 38.0 Å². The lowest BCUT2D eigenvalue weighted by Gasteiger charge is -2.26. The van der Waals surface area contributed by atoms with E-state index < -0.39 is 0 Å². The number of anilines is 1. The van der Waals surface area contributed by atoms with Gasteiger partial charge >= 0.3 is 0 Å². The second-order valence-corrected chi connectivity index (χ2v) is 8.38. The number of aliphatic hydroxyl groups excluding tert-OH is 1. The fourth-order valence-corrected chi connectivity index (χ4v) is 4.41. The van der Waals surface area contributed by atoms with Gasteiger partial charge in [0.1, 0.15) is 0 Å².